The molecule has 0 amide bonds. The molecule has 150 valence electrons. The van der Waals surface area contributed by atoms with Crippen LogP contribution in [0.5, 0.6) is 0 Å². The number of hydrogen-bond donors (Lipinski definition) is 4. The summed E-state index contributed by atoms with van der Waals surface area (Å²) >= 11 is 0. The second kappa shape index (κ2) is 5.72. The Morgan fingerprint density at radius 1 is 1.19 bits per heavy atom. The molecule has 4 aliphatic rings. The van der Waals surface area contributed by atoms with Gasteiger partial charge in [-0.1, -0.05) is 19.4 Å². The standard InChI is InChI=1S/C21H30O6/c1-18-6-5-13(23)9-12(18)3-4-14-17(18)15(24)10-19(2)20(14,26)7-8-21(19,27)16(25)11-22/h9,14-15,17,22,24,26-27H,3-8,10-11H2,1-2H3/t14-,15+,17-,18+,19+,20-,21+/m1/s1. The molecule has 0 aromatic rings. The normalized spacial score (nSPS) is 51.9. The second-order valence-electron chi connectivity index (χ2n) is 9.69. The first-order chi connectivity index (χ1) is 12.5. The lowest BCUT2D eigenvalue weighted by atomic mass is 9.44. The summed E-state index contributed by atoms with van der Waals surface area (Å²) in [4.78, 5) is 24.3. The number of carbonyl (C=O) groups is 2. The average Bonchev–Trinajstić information content (AvgIpc) is 2.83. The molecule has 0 radical (unpaired) electrons. The van der Waals surface area contributed by atoms with Gasteiger partial charge in [0.2, 0.25) is 0 Å². The zero-order chi connectivity index (χ0) is 19.8. The van der Waals surface area contributed by atoms with Gasteiger partial charge in [0.25, 0.3) is 0 Å². The van der Waals surface area contributed by atoms with E-state index in [0.717, 1.165) is 5.57 Å². The van der Waals surface area contributed by atoms with E-state index in [1.807, 2.05) is 0 Å². The van der Waals surface area contributed by atoms with E-state index in [4.69, 9.17) is 0 Å². The zero-order valence-electron chi connectivity index (χ0n) is 16.1. The lowest BCUT2D eigenvalue weighted by molar-refractivity contribution is -0.243. The minimum Gasteiger partial charge on any atom is -0.393 e. The highest BCUT2D eigenvalue weighted by molar-refractivity contribution is 5.92. The van der Waals surface area contributed by atoms with E-state index in [0.29, 0.717) is 25.7 Å². The fourth-order valence-corrected chi connectivity index (χ4v) is 7.22. The van der Waals surface area contributed by atoms with Crippen LogP contribution in [0.4, 0.5) is 0 Å². The Morgan fingerprint density at radius 2 is 1.89 bits per heavy atom. The highest BCUT2D eigenvalue weighted by Crippen LogP contribution is 2.69. The number of rotatable bonds is 2. The number of hydrogen-bond acceptors (Lipinski definition) is 6. The van der Waals surface area contributed by atoms with Crippen LogP contribution in [0.15, 0.2) is 11.6 Å². The van der Waals surface area contributed by atoms with Gasteiger partial charge in [-0.05, 0) is 61.9 Å². The van der Waals surface area contributed by atoms with Crippen molar-refractivity contribution in [2.45, 2.75) is 76.1 Å². The van der Waals surface area contributed by atoms with Crippen molar-refractivity contribution in [3.63, 3.8) is 0 Å². The van der Waals surface area contributed by atoms with Gasteiger partial charge in [-0.15, -0.1) is 0 Å². The number of aliphatic hydroxyl groups excluding tert-OH is 2. The SMILES string of the molecule is C[C@]12C[C@H](O)[C@H]3[C@@H](CCC4=CC(=O)CC[C@@]43C)[C@]1(O)CC[C@]2(O)C(=O)CO. The predicted molar refractivity (Wildman–Crippen MR) is 96.6 cm³/mol. The first-order valence-electron chi connectivity index (χ1n) is 10.0. The van der Waals surface area contributed by atoms with Gasteiger partial charge in [-0.2, -0.15) is 0 Å². The summed E-state index contributed by atoms with van der Waals surface area (Å²) in [5.74, 6) is -1.03. The highest BCUT2D eigenvalue weighted by atomic mass is 16.3. The zero-order valence-corrected chi connectivity index (χ0v) is 16.1. The maximum atomic E-state index is 12.4. The molecule has 0 aliphatic heterocycles. The van der Waals surface area contributed by atoms with E-state index in [9.17, 15) is 30.0 Å². The van der Waals surface area contributed by atoms with Crippen molar-refractivity contribution in [3.05, 3.63) is 11.6 Å². The molecule has 6 heteroatoms. The van der Waals surface area contributed by atoms with Crippen LogP contribution in [0.1, 0.15) is 58.8 Å². The molecule has 4 rings (SSSR count). The molecule has 4 N–H and O–H groups in total. The Morgan fingerprint density at radius 3 is 2.56 bits per heavy atom. The quantitative estimate of drug-likeness (QED) is 0.567. The molecular formula is C21H30O6. The molecule has 3 saturated carbocycles. The summed E-state index contributed by atoms with van der Waals surface area (Å²) in [7, 11) is 0. The van der Waals surface area contributed by atoms with Crippen LogP contribution in [0, 0.1) is 22.7 Å². The monoisotopic (exact) mass is 378 g/mol. The van der Waals surface area contributed by atoms with Crippen LogP contribution < -0.4 is 0 Å². The second-order valence-corrected chi connectivity index (χ2v) is 9.69. The summed E-state index contributed by atoms with van der Waals surface area (Å²) in [6.07, 6.45) is 3.79. The molecule has 0 spiro atoms. The molecule has 0 bridgehead atoms. The number of fused-ring (bicyclic) bond motifs is 5. The van der Waals surface area contributed by atoms with E-state index in [2.05, 4.69) is 6.92 Å². The van der Waals surface area contributed by atoms with Gasteiger partial charge in [0.05, 0.1) is 11.7 Å². The molecule has 0 saturated heterocycles. The van der Waals surface area contributed by atoms with E-state index < -0.39 is 35.1 Å². The van der Waals surface area contributed by atoms with Gasteiger partial charge < -0.3 is 20.4 Å². The molecule has 0 aromatic heterocycles. The van der Waals surface area contributed by atoms with Crippen molar-refractivity contribution in [3.8, 4) is 0 Å². The van der Waals surface area contributed by atoms with E-state index in [-0.39, 0.29) is 42.3 Å². The Bertz CT molecular complexity index is 730. The van der Waals surface area contributed by atoms with Gasteiger partial charge in [0.15, 0.2) is 11.6 Å². The summed E-state index contributed by atoms with van der Waals surface area (Å²) in [5.41, 5.74) is -3.61. The number of Topliss-reactive ketones (excluding diaryl/α,β-unsaturated/α-hetero) is 1. The molecule has 7 atom stereocenters. The molecule has 3 fully saturated rings. The molecule has 27 heavy (non-hydrogen) atoms. The average molecular weight is 378 g/mol. The Kier molecular flexibility index (Phi) is 4.08. The lowest BCUT2D eigenvalue weighted by Crippen LogP contribution is -2.69. The molecule has 4 aliphatic carbocycles. The Balaban J connectivity index is 1.80. The highest BCUT2D eigenvalue weighted by Gasteiger charge is 2.74. The fraction of sp³-hybridized carbons (Fsp3) is 0.810. The first kappa shape index (κ1) is 19.2. The van der Waals surface area contributed by atoms with E-state index >= 15 is 0 Å². The van der Waals surface area contributed by atoms with E-state index in [1.165, 1.54) is 0 Å². The molecule has 6 nitrogen and oxygen atoms in total. The molecule has 0 unspecified atom stereocenters. The van der Waals surface area contributed by atoms with Crippen molar-refractivity contribution in [1.82, 2.24) is 0 Å². The third-order valence-electron chi connectivity index (χ3n) is 8.84. The predicted octanol–water partition coefficient (Wildman–Crippen LogP) is 0.896. The number of ketones is 2. The van der Waals surface area contributed by atoms with Crippen molar-refractivity contribution in [2.24, 2.45) is 22.7 Å². The van der Waals surface area contributed by atoms with Crippen molar-refractivity contribution >= 4 is 11.6 Å². The van der Waals surface area contributed by atoms with Crippen LogP contribution in [-0.2, 0) is 9.59 Å². The molecular weight excluding hydrogens is 348 g/mol. The summed E-state index contributed by atoms with van der Waals surface area (Å²) in [5, 5.41) is 43.6. The third kappa shape index (κ3) is 2.16. The topological polar surface area (TPSA) is 115 Å². The van der Waals surface area contributed by atoms with Crippen molar-refractivity contribution in [1.29, 1.82) is 0 Å². The largest absolute Gasteiger partial charge is 0.393 e. The Hall–Kier alpha value is -1.08. The summed E-state index contributed by atoms with van der Waals surface area (Å²) < 4.78 is 0. The van der Waals surface area contributed by atoms with Crippen LogP contribution in [-0.4, -0.2) is 55.9 Å². The molecule has 0 heterocycles. The minimum atomic E-state index is -1.83. The molecule has 0 aromatic carbocycles. The maximum absolute atomic E-state index is 12.4. The van der Waals surface area contributed by atoms with Crippen LogP contribution >= 0.6 is 0 Å². The lowest BCUT2D eigenvalue weighted by Gasteiger charge is -2.63. The Labute approximate surface area is 159 Å². The minimum absolute atomic E-state index is 0.0905. The summed E-state index contributed by atoms with van der Waals surface area (Å²) in [6, 6.07) is 0. The smallest absolute Gasteiger partial charge is 0.190 e. The van der Waals surface area contributed by atoms with Crippen LogP contribution in [0.25, 0.3) is 0 Å². The van der Waals surface area contributed by atoms with Gasteiger partial charge in [0.1, 0.15) is 12.2 Å². The van der Waals surface area contributed by atoms with Crippen molar-refractivity contribution < 1.29 is 30.0 Å². The van der Waals surface area contributed by atoms with Crippen LogP contribution in [0.2, 0.25) is 0 Å². The van der Waals surface area contributed by atoms with Gasteiger partial charge in [-0.3, -0.25) is 9.59 Å². The summed E-state index contributed by atoms with van der Waals surface area (Å²) in [6.45, 7) is 2.99. The van der Waals surface area contributed by atoms with Gasteiger partial charge in [-0.25, -0.2) is 0 Å². The van der Waals surface area contributed by atoms with Crippen molar-refractivity contribution in [2.75, 3.05) is 6.61 Å². The van der Waals surface area contributed by atoms with Gasteiger partial charge >= 0.3 is 0 Å². The first-order valence-corrected chi connectivity index (χ1v) is 10.0. The number of aliphatic hydroxyl groups is 4. The third-order valence-corrected chi connectivity index (χ3v) is 8.84. The number of allylic oxidation sites excluding steroid dienone is 1. The van der Waals surface area contributed by atoms with Gasteiger partial charge in [0, 0.05) is 11.8 Å². The number of carbonyl (C=O) groups excluding carboxylic acids is 2. The van der Waals surface area contributed by atoms with E-state index in [1.54, 1.807) is 13.0 Å². The van der Waals surface area contributed by atoms with Crippen LogP contribution in [0.3, 0.4) is 0 Å². The maximum Gasteiger partial charge on any atom is 0.190 e. The fourth-order valence-electron chi connectivity index (χ4n) is 7.22.